The van der Waals surface area contributed by atoms with Gasteiger partial charge in [0, 0.05) is 23.7 Å². The first-order chi connectivity index (χ1) is 17.6. The van der Waals surface area contributed by atoms with E-state index in [0.29, 0.717) is 6.42 Å². The Bertz CT molecular complexity index is 849. The molecule has 5 unspecified atom stereocenters. The standard InChI is InChI=1S/C27H46O11/c1-8-18-12(2)20(29)13(3)21(30)17(11-28)9-26(7,33)23(31)14(4)22(15(5)25(32)36-18)37-19-10-27(34)24(38-27)16(6)35-19/h12-20,22-24,28-29,31,33-34H,8-11H2,1-7H3/t12-,13+,14-,15+,16?,17?,18+,19?,20-,22-,23+,24?,26+,27?/m0/s1. The zero-order valence-electron chi connectivity index (χ0n) is 23.4. The highest BCUT2D eigenvalue weighted by Crippen LogP contribution is 2.46. The SMILES string of the molecule is CC[C@H]1OC(=O)[C@H](C)[C@@H](OC2CC3(O)OC3C(C)O2)[C@H](C)[C@@H](O)[C@](C)(O)CC(CO)C(=O)[C@H](C)[C@@H](O)[C@H]1C. The normalized spacial score (nSPS) is 51.1. The van der Waals surface area contributed by atoms with Gasteiger partial charge in [0.15, 0.2) is 6.29 Å². The van der Waals surface area contributed by atoms with Gasteiger partial charge in [-0.2, -0.15) is 0 Å². The Balaban J connectivity index is 1.97. The van der Waals surface area contributed by atoms with E-state index in [1.807, 2.05) is 0 Å². The molecule has 3 saturated heterocycles. The molecule has 38 heavy (non-hydrogen) atoms. The van der Waals surface area contributed by atoms with Crippen molar-refractivity contribution >= 4 is 11.8 Å². The molecular weight excluding hydrogens is 500 g/mol. The van der Waals surface area contributed by atoms with Crippen LogP contribution in [0, 0.1) is 29.6 Å². The summed E-state index contributed by atoms with van der Waals surface area (Å²) in [7, 11) is 0. The van der Waals surface area contributed by atoms with Crippen LogP contribution in [-0.4, -0.2) is 98.2 Å². The lowest BCUT2D eigenvalue weighted by molar-refractivity contribution is -0.251. The summed E-state index contributed by atoms with van der Waals surface area (Å²) in [6, 6.07) is 0. The molecule has 0 bridgehead atoms. The molecule has 5 N–H and O–H groups in total. The van der Waals surface area contributed by atoms with Gasteiger partial charge in [0.25, 0.3) is 0 Å². The molecule has 3 aliphatic heterocycles. The van der Waals surface area contributed by atoms with Crippen LogP contribution in [0.3, 0.4) is 0 Å². The number of ketones is 1. The molecule has 0 aromatic heterocycles. The van der Waals surface area contributed by atoms with E-state index < -0.39 is 102 Å². The Hall–Kier alpha value is -1.18. The van der Waals surface area contributed by atoms with Crippen molar-refractivity contribution in [1.82, 2.24) is 0 Å². The van der Waals surface area contributed by atoms with Crippen LogP contribution in [0.15, 0.2) is 0 Å². The first-order valence-corrected chi connectivity index (χ1v) is 13.7. The number of hydrogen-bond donors (Lipinski definition) is 5. The highest BCUT2D eigenvalue weighted by atomic mass is 16.8. The predicted molar refractivity (Wildman–Crippen MR) is 133 cm³/mol. The maximum absolute atomic E-state index is 13.4. The van der Waals surface area contributed by atoms with Crippen LogP contribution >= 0.6 is 0 Å². The fraction of sp³-hybridized carbons (Fsp3) is 0.926. The Labute approximate surface area is 224 Å². The third kappa shape index (κ3) is 6.25. The zero-order chi connectivity index (χ0) is 28.7. The molecule has 0 aromatic rings. The number of rotatable bonds is 4. The van der Waals surface area contributed by atoms with Gasteiger partial charge in [-0.15, -0.1) is 0 Å². The molecule has 3 heterocycles. The van der Waals surface area contributed by atoms with Crippen molar-refractivity contribution in [2.75, 3.05) is 6.61 Å². The van der Waals surface area contributed by atoms with Crippen LogP contribution in [0.2, 0.25) is 0 Å². The number of ether oxygens (including phenoxy) is 4. The maximum atomic E-state index is 13.4. The Morgan fingerprint density at radius 2 is 1.63 bits per heavy atom. The van der Waals surface area contributed by atoms with Crippen molar-refractivity contribution in [3.05, 3.63) is 0 Å². The van der Waals surface area contributed by atoms with E-state index in [0.717, 1.165) is 0 Å². The minimum atomic E-state index is -1.86. The molecule has 11 heteroatoms. The molecule has 0 spiro atoms. The third-order valence-corrected chi connectivity index (χ3v) is 8.84. The minimum Gasteiger partial charge on any atom is -0.462 e. The average Bonchev–Trinajstić information content (AvgIpc) is 3.57. The smallest absolute Gasteiger partial charge is 0.311 e. The number of fused-ring (bicyclic) bond motifs is 1. The molecule has 0 aromatic carbocycles. The van der Waals surface area contributed by atoms with Gasteiger partial charge < -0.3 is 44.5 Å². The number of hydrogen-bond acceptors (Lipinski definition) is 11. The van der Waals surface area contributed by atoms with E-state index in [4.69, 9.17) is 18.9 Å². The number of Topliss-reactive ketones (excluding diaryl/α,β-unsaturated/α-hetero) is 1. The Morgan fingerprint density at radius 3 is 2.18 bits per heavy atom. The molecule has 0 saturated carbocycles. The quantitative estimate of drug-likeness (QED) is 0.245. The van der Waals surface area contributed by atoms with Gasteiger partial charge in [-0.3, -0.25) is 9.59 Å². The Morgan fingerprint density at radius 1 is 1.00 bits per heavy atom. The van der Waals surface area contributed by atoms with Gasteiger partial charge in [0.1, 0.15) is 18.0 Å². The van der Waals surface area contributed by atoms with E-state index >= 15 is 0 Å². The summed E-state index contributed by atoms with van der Waals surface area (Å²) in [6.07, 6.45) is -6.16. The van der Waals surface area contributed by atoms with Crippen molar-refractivity contribution < 1.29 is 54.1 Å². The molecule has 220 valence electrons. The monoisotopic (exact) mass is 546 g/mol. The van der Waals surface area contributed by atoms with Gasteiger partial charge in [-0.1, -0.05) is 27.7 Å². The summed E-state index contributed by atoms with van der Waals surface area (Å²) in [4.78, 5) is 26.6. The average molecular weight is 547 g/mol. The van der Waals surface area contributed by atoms with E-state index in [-0.39, 0.29) is 12.8 Å². The summed E-state index contributed by atoms with van der Waals surface area (Å²) >= 11 is 0. The number of carbonyl (C=O) groups excluding carboxylic acids is 2. The molecule has 0 amide bonds. The second-order valence-electron chi connectivity index (χ2n) is 11.9. The van der Waals surface area contributed by atoms with Gasteiger partial charge in [-0.05, 0) is 33.6 Å². The van der Waals surface area contributed by atoms with Crippen molar-refractivity contribution in [2.45, 2.75) is 122 Å². The first-order valence-electron chi connectivity index (χ1n) is 13.7. The summed E-state index contributed by atoms with van der Waals surface area (Å²) in [5.74, 6) is -6.80. The van der Waals surface area contributed by atoms with Crippen molar-refractivity contribution in [1.29, 1.82) is 0 Å². The van der Waals surface area contributed by atoms with Gasteiger partial charge in [-0.25, -0.2) is 0 Å². The summed E-state index contributed by atoms with van der Waals surface area (Å²) in [6.45, 7) is 10.8. The van der Waals surface area contributed by atoms with E-state index in [2.05, 4.69) is 0 Å². The van der Waals surface area contributed by atoms with Gasteiger partial charge in [0.05, 0.1) is 49.0 Å². The summed E-state index contributed by atoms with van der Waals surface area (Å²) in [5.41, 5.74) is -1.86. The van der Waals surface area contributed by atoms with Gasteiger partial charge >= 0.3 is 5.97 Å². The highest BCUT2D eigenvalue weighted by molar-refractivity contribution is 5.84. The van der Waals surface area contributed by atoms with Crippen LogP contribution in [0.4, 0.5) is 0 Å². The molecule has 14 atom stereocenters. The van der Waals surface area contributed by atoms with Crippen molar-refractivity contribution in [3.63, 3.8) is 0 Å². The van der Waals surface area contributed by atoms with E-state index in [1.165, 1.54) is 6.92 Å². The van der Waals surface area contributed by atoms with Crippen LogP contribution in [0.5, 0.6) is 0 Å². The lowest BCUT2D eigenvalue weighted by atomic mass is 9.74. The van der Waals surface area contributed by atoms with E-state index in [9.17, 15) is 35.1 Å². The summed E-state index contributed by atoms with van der Waals surface area (Å²) < 4.78 is 23.2. The fourth-order valence-electron chi connectivity index (χ4n) is 6.15. The lowest BCUT2D eigenvalue weighted by Crippen LogP contribution is -2.54. The number of aliphatic hydroxyl groups excluding tert-OH is 3. The second kappa shape index (κ2) is 11.7. The molecule has 11 nitrogen and oxygen atoms in total. The summed E-state index contributed by atoms with van der Waals surface area (Å²) in [5, 5.41) is 54.1. The number of esters is 1. The Kier molecular flexibility index (Phi) is 9.69. The first kappa shape index (κ1) is 31.3. The van der Waals surface area contributed by atoms with Crippen LogP contribution in [0.25, 0.3) is 0 Å². The number of carbonyl (C=O) groups is 2. The van der Waals surface area contributed by atoms with Crippen LogP contribution in [-0.2, 0) is 28.5 Å². The molecule has 3 aliphatic rings. The lowest BCUT2D eigenvalue weighted by Gasteiger charge is -2.42. The van der Waals surface area contributed by atoms with Crippen LogP contribution < -0.4 is 0 Å². The minimum absolute atomic E-state index is 0.000724. The molecule has 0 radical (unpaired) electrons. The van der Waals surface area contributed by atoms with Gasteiger partial charge in [0.2, 0.25) is 5.79 Å². The topological polar surface area (TPSA) is 176 Å². The molecular formula is C27H46O11. The predicted octanol–water partition coefficient (Wildman–Crippen LogP) is 0.514. The highest BCUT2D eigenvalue weighted by Gasteiger charge is 2.63. The molecule has 0 aliphatic carbocycles. The van der Waals surface area contributed by atoms with Crippen molar-refractivity contribution in [2.24, 2.45) is 29.6 Å². The number of epoxide rings is 1. The zero-order valence-corrected chi connectivity index (χ0v) is 23.4. The van der Waals surface area contributed by atoms with E-state index in [1.54, 1.807) is 41.5 Å². The second-order valence-corrected chi connectivity index (χ2v) is 11.9. The fourth-order valence-corrected chi connectivity index (χ4v) is 6.15. The number of aliphatic hydroxyl groups is 5. The van der Waals surface area contributed by atoms with Crippen LogP contribution in [0.1, 0.15) is 67.7 Å². The number of cyclic esters (lactones) is 1. The maximum Gasteiger partial charge on any atom is 0.311 e. The van der Waals surface area contributed by atoms with Crippen molar-refractivity contribution in [3.8, 4) is 0 Å². The third-order valence-electron chi connectivity index (χ3n) is 8.84. The molecule has 3 fully saturated rings. The largest absolute Gasteiger partial charge is 0.462 e. The molecule has 3 rings (SSSR count).